The van der Waals surface area contributed by atoms with Crippen LogP contribution in [-0.2, 0) is 32.4 Å². The van der Waals surface area contributed by atoms with Gasteiger partial charge in [-0.15, -0.1) is 0 Å². The van der Waals surface area contributed by atoms with Crippen molar-refractivity contribution in [2.24, 2.45) is 0 Å². The molecule has 0 radical (unpaired) electrons. The summed E-state index contributed by atoms with van der Waals surface area (Å²) >= 11 is 0. The summed E-state index contributed by atoms with van der Waals surface area (Å²) < 4.78 is 151. The zero-order valence-electron chi connectivity index (χ0n) is 49.3. The van der Waals surface area contributed by atoms with Crippen LogP contribution in [0.1, 0.15) is 80.3 Å². The smallest absolute Gasteiger partial charge is 0.433 e. The maximum atomic E-state index is 14.4. The third-order valence-electron chi connectivity index (χ3n) is 15.7. The number of alkyl halides is 6. The Labute approximate surface area is 505 Å². The van der Waals surface area contributed by atoms with Crippen LogP contribution in [0, 0.1) is 13.8 Å². The fourth-order valence-corrected chi connectivity index (χ4v) is 12.3. The zero-order chi connectivity index (χ0) is 63.6. The molecular formula is C60H66F6N12O8S2. The number of fused-ring (bicyclic) bond motifs is 2. The van der Waals surface area contributed by atoms with Gasteiger partial charge in [-0.25, -0.2) is 45.3 Å². The average molecular weight is 1260 g/mol. The molecule has 2 amide bonds. The van der Waals surface area contributed by atoms with Gasteiger partial charge in [0.25, 0.3) is 11.8 Å². The number of carbonyl (C=O) groups excluding carboxylic acids is 2. The monoisotopic (exact) mass is 1260 g/mol. The van der Waals surface area contributed by atoms with E-state index in [2.05, 4.69) is 39.4 Å². The summed E-state index contributed by atoms with van der Waals surface area (Å²) in [6, 6.07) is 30.7. The molecule has 4 atom stereocenters. The van der Waals surface area contributed by atoms with Gasteiger partial charge in [-0.2, -0.15) is 36.5 Å². The van der Waals surface area contributed by atoms with Crippen LogP contribution in [0.15, 0.2) is 122 Å². The molecule has 468 valence electrons. The van der Waals surface area contributed by atoms with E-state index in [9.17, 15) is 52.8 Å². The fraction of sp³-hybridized carbons (Fsp3) is 0.367. The SMILES string of the molecule is COc1ccc(-c2nc3c(C(=O)N4CCN([C@@H](CNS(C)(=O)=O)c5ccccc5)C[C@H]4C)cnn3c(C(F)(F)F)c2C)cc1.COc1ccc(-c2nc3c(C(=O)N4CCN([C@H](CNS(C)(=O)=O)c5ccccc5)C[C@H]4C)cnn3c(C(F)(F)F)c2C)cc1. The second kappa shape index (κ2) is 26.0. The van der Waals surface area contributed by atoms with Crippen molar-refractivity contribution in [3.63, 3.8) is 0 Å². The van der Waals surface area contributed by atoms with Gasteiger partial charge < -0.3 is 19.3 Å². The molecule has 10 rings (SSSR count). The lowest BCUT2D eigenvalue weighted by Crippen LogP contribution is -2.55. The minimum atomic E-state index is -4.76. The van der Waals surface area contributed by atoms with Gasteiger partial charge in [-0.3, -0.25) is 19.4 Å². The number of benzene rings is 4. The minimum Gasteiger partial charge on any atom is -0.497 e. The van der Waals surface area contributed by atoms with Crippen molar-refractivity contribution in [1.29, 1.82) is 0 Å². The van der Waals surface area contributed by atoms with Crippen LogP contribution < -0.4 is 18.9 Å². The number of aromatic nitrogens is 6. The fourth-order valence-electron chi connectivity index (χ4n) is 11.4. The highest BCUT2D eigenvalue weighted by Crippen LogP contribution is 2.39. The maximum Gasteiger partial charge on any atom is 0.433 e. The number of hydrogen-bond donors (Lipinski definition) is 2. The summed E-state index contributed by atoms with van der Waals surface area (Å²) in [4.78, 5) is 44.3. The molecule has 2 saturated heterocycles. The Hall–Kier alpha value is -8.02. The Morgan fingerprint density at radius 1 is 0.557 bits per heavy atom. The number of halogens is 6. The lowest BCUT2D eigenvalue weighted by atomic mass is 10.0. The largest absolute Gasteiger partial charge is 0.497 e. The van der Waals surface area contributed by atoms with Crippen LogP contribution in [-0.4, -0.2) is 169 Å². The Balaban J connectivity index is 0.000000209. The third kappa shape index (κ3) is 14.3. The molecule has 4 aromatic carbocycles. The molecule has 2 aliphatic rings. The zero-order valence-corrected chi connectivity index (χ0v) is 51.0. The van der Waals surface area contributed by atoms with E-state index in [1.165, 1.54) is 28.1 Å². The van der Waals surface area contributed by atoms with Crippen LogP contribution in [0.25, 0.3) is 33.8 Å². The topological polar surface area (TPSA) is 218 Å². The quantitative estimate of drug-likeness (QED) is 0.0870. The molecule has 0 bridgehead atoms. The normalized spacial score (nSPS) is 17.2. The second-order valence-electron chi connectivity index (χ2n) is 21.7. The molecule has 20 nitrogen and oxygen atoms in total. The minimum absolute atomic E-state index is 0.0380. The van der Waals surface area contributed by atoms with Crippen LogP contribution in [0.2, 0.25) is 0 Å². The van der Waals surface area contributed by atoms with E-state index in [0.29, 0.717) is 57.8 Å². The summed E-state index contributed by atoms with van der Waals surface area (Å²) in [6.07, 6.45) is -5.04. The molecule has 2 fully saturated rings. The van der Waals surface area contributed by atoms with Gasteiger partial charge in [0.2, 0.25) is 20.0 Å². The van der Waals surface area contributed by atoms with Crippen molar-refractivity contribution in [3.05, 3.63) is 166 Å². The predicted octanol–water partition coefficient (Wildman–Crippen LogP) is 8.34. The summed E-state index contributed by atoms with van der Waals surface area (Å²) in [6.45, 7) is 8.85. The van der Waals surface area contributed by atoms with E-state index in [-0.39, 0.29) is 95.3 Å². The Bertz CT molecular complexity index is 3780. The third-order valence-corrected chi connectivity index (χ3v) is 17.0. The molecule has 0 unspecified atom stereocenters. The number of rotatable bonds is 16. The summed E-state index contributed by atoms with van der Waals surface area (Å²) in [7, 11) is -3.90. The van der Waals surface area contributed by atoms with Crippen molar-refractivity contribution in [1.82, 2.24) is 58.2 Å². The van der Waals surface area contributed by atoms with Gasteiger partial charge in [0.1, 0.15) is 22.6 Å². The van der Waals surface area contributed by atoms with Gasteiger partial charge in [-0.05, 0) is 87.4 Å². The van der Waals surface area contributed by atoms with Crippen LogP contribution in [0.5, 0.6) is 11.5 Å². The first-order valence-corrected chi connectivity index (χ1v) is 31.6. The Morgan fingerprint density at radius 2 is 0.898 bits per heavy atom. The first-order valence-electron chi connectivity index (χ1n) is 27.9. The van der Waals surface area contributed by atoms with Crippen LogP contribution >= 0.6 is 0 Å². The van der Waals surface area contributed by atoms with E-state index < -0.39 is 55.6 Å². The number of methoxy groups -OCH3 is 2. The van der Waals surface area contributed by atoms with Crippen molar-refractivity contribution in [2.75, 3.05) is 79.1 Å². The van der Waals surface area contributed by atoms with E-state index in [0.717, 1.165) is 36.0 Å². The summed E-state index contributed by atoms with van der Waals surface area (Å²) in [5.74, 6) is 0.114. The van der Waals surface area contributed by atoms with E-state index in [1.807, 2.05) is 74.5 Å². The molecule has 4 aromatic heterocycles. The van der Waals surface area contributed by atoms with Crippen LogP contribution in [0.4, 0.5) is 26.3 Å². The molecule has 0 saturated carbocycles. The van der Waals surface area contributed by atoms with Gasteiger partial charge in [0, 0.05) is 98.8 Å². The molecular weight excluding hydrogens is 1190 g/mol. The van der Waals surface area contributed by atoms with Crippen molar-refractivity contribution in [3.8, 4) is 34.0 Å². The number of piperazine rings is 2. The first kappa shape index (κ1) is 64.5. The van der Waals surface area contributed by atoms with Gasteiger partial charge in [0.15, 0.2) is 22.7 Å². The molecule has 88 heavy (non-hydrogen) atoms. The molecule has 28 heteroatoms. The number of sulfonamides is 2. The van der Waals surface area contributed by atoms with Crippen LogP contribution in [0.3, 0.4) is 0 Å². The molecule has 0 aliphatic carbocycles. The summed E-state index contributed by atoms with van der Waals surface area (Å²) in [5, 5.41) is 7.94. The van der Waals surface area contributed by atoms with Crippen molar-refractivity contribution < 1.29 is 62.2 Å². The molecule has 2 N–H and O–H groups in total. The summed E-state index contributed by atoms with van der Waals surface area (Å²) in [5.41, 5.74) is 0.195. The van der Waals surface area contributed by atoms with Gasteiger partial charge >= 0.3 is 12.4 Å². The Kier molecular flexibility index (Phi) is 19.0. The number of carbonyl (C=O) groups is 2. The second-order valence-corrected chi connectivity index (χ2v) is 25.4. The number of amides is 2. The predicted molar refractivity (Wildman–Crippen MR) is 318 cm³/mol. The lowest BCUT2D eigenvalue weighted by molar-refractivity contribution is -0.144. The molecule has 2 aliphatic heterocycles. The highest BCUT2D eigenvalue weighted by atomic mass is 32.2. The number of ether oxygens (including phenoxy) is 2. The lowest BCUT2D eigenvalue weighted by Gasteiger charge is -2.43. The van der Waals surface area contributed by atoms with Crippen molar-refractivity contribution in [2.45, 2.75) is 64.2 Å². The van der Waals surface area contributed by atoms with Crippen molar-refractivity contribution >= 4 is 43.2 Å². The average Bonchev–Trinajstić information content (AvgIpc) is 1.53. The highest BCUT2D eigenvalue weighted by Gasteiger charge is 2.42. The number of hydrogen-bond acceptors (Lipinski definition) is 14. The standard InChI is InChI=1S/2C30H33F3N6O4S/c2*1-19-18-37(25(17-35-44(4,41)42)21-8-6-5-7-9-21)14-15-38(19)29(40)24-16-34-39-27(30(31,32)33)20(2)26(36-28(24)39)22-10-12-23(43-3)13-11-22/h2*5-13,16,19,25,35H,14-15,17-18H2,1-4H3/t19-,25+;19-,25-/m11/s1. The first-order chi connectivity index (χ1) is 41.6. The molecule has 6 heterocycles. The molecule has 0 spiro atoms. The van der Waals surface area contributed by atoms with E-state index >= 15 is 0 Å². The van der Waals surface area contributed by atoms with E-state index in [1.54, 1.807) is 58.3 Å². The van der Waals surface area contributed by atoms with Gasteiger partial charge in [0.05, 0.1) is 50.5 Å². The number of nitrogens with one attached hydrogen (secondary N) is 2. The number of nitrogens with zero attached hydrogens (tertiary/aromatic N) is 10. The van der Waals surface area contributed by atoms with E-state index in [4.69, 9.17) is 9.47 Å². The highest BCUT2D eigenvalue weighted by molar-refractivity contribution is 7.89. The maximum absolute atomic E-state index is 14.4. The van der Waals surface area contributed by atoms with Gasteiger partial charge in [-0.1, -0.05) is 60.7 Å². The Morgan fingerprint density at radius 3 is 1.19 bits per heavy atom. The molecule has 8 aromatic rings.